The molecule has 1 aromatic rings. The van der Waals surface area contributed by atoms with E-state index in [1.165, 1.54) is 44.4 Å². The maximum absolute atomic E-state index is 11.7. The molecule has 1 aliphatic carbocycles. The fraction of sp³-hybridized carbons (Fsp3) is 0.625. The molecule has 0 bridgehead atoms. The minimum atomic E-state index is -1.17. The summed E-state index contributed by atoms with van der Waals surface area (Å²) in [6.45, 7) is 2.22. The zero-order chi connectivity index (χ0) is 14.5. The normalized spacial score (nSPS) is 22.6. The number of carboxylic acid groups (broad SMARTS) is 1. The van der Waals surface area contributed by atoms with Gasteiger partial charge in [0.25, 0.3) is 0 Å². The van der Waals surface area contributed by atoms with Crippen LogP contribution < -0.4 is 4.73 Å². The van der Waals surface area contributed by atoms with Gasteiger partial charge in [-0.3, -0.25) is 0 Å². The molecule has 1 saturated carbocycles. The number of carbonyl (C=O) groups is 1. The van der Waals surface area contributed by atoms with E-state index in [-0.39, 0.29) is 5.69 Å². The van der Waals surface area contributed by atoms with E-state index in [0.29, 0.717) is 10.6 Å². The Morgan fingerprint density at radius 2 is 2.05 bits per heavy atom. The van der Waals surface area contributed by atoms with E-state index in [4.69, 9.17) is 5.11 Å². The predicted octanol–water partition coefficient (Wildman–Crippen LogP) is 3.48. The van der Waals surface area contributed by atoms with E-state index < -0.39 is 5.97 Å². The van der Waals surface area contributed by atoms with Crippen LogP contribution in [0.1, 0.15) is 73.8 Å². The monoisotopic (exact) mass is 277 g/mol. The standard InChI is InChI=1S/C16H23NO3/c1-2-3-4-12-5-7-13(8-6-12)14-9-10-15(16(18)19)17(20)11-14/h9-13H,2-8H2,1H3,(H,18,19). The number of rotatable bonds is 5. The number of carboxylic acids is 1. The van der Waals surface area contributed by atoms with Gasteiger partial charge in [-0.25, -0.2) is 4.79 Å². The molecule has 0 spiro atoms. The van der Waals surface area contributed by atoms with Crippen LogP contribution in [0, 0.1) is 11.1 Å². The third kappa shape index (κ3) is 3.50. The molecule has 1 aliphatic rings. The summed E-state index contributed by atoms with van der Waals surface area (Å²) in [5.41, 5.74) is 0.782. The Labute approximate surface area is 120 Å². The molecule has 0 unspecified atom stereocenters. The second-order valence-corrected chi connectivity index (χ2v) is 5.84. The topological polar surface area (TPSA) is 64.2 Å². The van der Waals surface area contributed by atoms with Gasteiger partial charge in [0, 0.05) is 11.6 Å². The zero-order valence-electron chi connectivity index (χ0n) is 12.0. The van der Waals surface area contributed by atoms with Gasteiger partial charge in [0.1, 0.15) is 0 Å². The van der Waals surface area contributed by atoms with Crippen LogP contribution >= 0.6 is 0 Å². The molecule has 0 aliphatic heterocycles. The number of aromatic carboxylic acids is 1. The van der Waals surface area contributed by atoms with Crippen molar-refractivity contribution >= 4 is 5.97 Å². The zero-order valence-corrected chi connectivity index (χ0v) is 12.0. The molecular formula is C16H23NO3. The third-order valence-corrected chi connectivity index (χ3v) is 4.44. The lowest BCUT2D eigenvalue weighted by molar-refractivity contribution is -0.608. The summed E-state index contributed by atoms with van der Waals surface area (Å²) in [5.74, 6) is 0.0783. The molecule has 0 amide bonds. The molecule has 0 atom stereocenters. The lowest BCUT2D eigenvalue weighted by Gasteiger charge is -2.28. The van der Waals surface area contributed by atoms with Gasteiger partial charge in [0.2, 0.25) is 0 Å². The Bertz CT molecular complexity index is 465. The molecule has 0 saturated heterocycles. The van der Waals surface area contributed by atoms with Crippen molar-refractivity contribution in [2.75, 3.05) is 0 Å². The maximum Gasteiger partial charge on any atom is 0.402 e. The molecule has 1 fully saturated rings. The summed E-state index contributed by atoms with van der Waals surface area (Å²) in [6.07, 6.45) is 10.0. The van der Waals surface area contributed by atoms with E-state index in [2.05, 4.69) is 6.92 Å². The second-order valence-electron chi connectivity index (χ2n) is 5.84. The van der Waals surface area contributed by atoms with Crippen molar-refractivity contribution in [2.45, 2.75) is 57.8 Å². The number of unbranched alkanes of at least 4 members (excludes halogenated alkanes) is 1. The van der Waals surface area contributed by atoms with Crippen molar-refractivity contribution in [3.05, 3.63) is 34.8 Å². The van der Waals surface area contributed by atoms with Crippen LogP contribution in [0.3, 0.4) is 0 Å². The number of aromatic nitrogens is 1. The van der Waals surface area contributed by atoms with Gasteiger partial charge < -0.3 is 10.3 Å². The Morgan fingerprint density at radius 1 is 1.35 bits per heavy atom. The fourth-order valence-corrected chi connectivity index (χ4v) is 3.18. The quantitative estimate of drug-likeness (QED) is 0.662. The van der Waals surface area contributed by atoms with Crippen molar-refractivity contribution in [3.8, 4) is 0 Å². The Hall–Kier alpha value is -1.58. The van der Waals surface area contributed by atoms with Crippen molar-refractivity contribution in [3.63, 3.8) is 0 Å². The minimum Gasteiger partial charge on any atom is -0.618 e. The van der Waals surface area contributed by atoms with E-state index >= 15 is 0 Å². The van der Waals surface area contributed by atoms with Crippen molar-refractivity contribution < 1.29 is 14.6 Å². The van der Waals surface area contributed by atoms with Crippen LogP contribution in [0.4, 0.5) is 0 Å². The van der Waals surface area contributed by atoms with Crippen molar-refractivity contribution in [2.24, 2.45) is 5.92 Å². The maximum atomic E-state index is 11.7. The Balaban J connectivity index is 1.97. The van der Waals surface area contributed by atoms with Gasteiger partial charge in [-0.1, -0.05) is 26.2 Å². The van der Waals surface area contributed by atoms with E-state index in [1.54, 1.807) is 6.07 Å². The molecule has 1 heterocycles. The van der Waals surface area contributed by atoms with Crippen LogP contribution in [0.2, 0.25) is 0 Å². The summed E-state index contributed by atoms with van der Waals surface area (Å²) in [7, 11) is 0. The van der Waals surface area contributed by atoms with Crippen LogP contribution in [0.15, 0.2) is 18.3 Å². The van der Waals surface area contributed by atoms with Crippen LogP contribution in [-0.4, -0.2) is 11.1 Å². The molecule has 1 aromatic heterocycles. The lowest BCUT2D eigenvalue weighted by Crippen LogP contribution is -2.35. The first-order valence-corrected chi connectivity index (χ1v) is 7.58. The van der Waals surface area contributed by atoms with Crippen LogP contribution in [0.5, 0.6) is 0 Å². The molecule has 1 N–H and O–H groups in total. The average Bonchev–Trinajstić information content (AvgIpc) is 2.45. The van der Waals surface area contributed by atoms with Crippen LogP contribution in [0.25, 0.3) is 0 Å². The number of hydrogen-bond donors (Lipinski definition) is 1. The minimum absolute atomic E-state index is 0.203. The highest BCUT2D eigenvalue weighted by atomic mass is 16.5. The third-order valence-electron chi connectivity index (χ3n) is 4.44. The van der Waals surface area contributed by atoms with Gasteiger partial charge in [-0.2, -0.15) is 4.73 Å². The van der Waals surface area contributed by atoms with Gasteiger partial charge in [-0.05, 0) is 43.6 Å². The molecule has 2 rings (SSSR count). The molecule has 4 nitrogen and oxygen atoms in total. The summed E-state index contributed by atoms with van der Waals surface area (Å²) in [5, 5.41) is 20.5. The van der Waals surface area contributed by atoms with E-state index in [0.717, 1.165) is 24.3 Å². The Kier molecular flexibility index (Phi) is 4.99. The highest BCUT2D eigenvalue weighted by Gasteiger charge is 2.24. The summed E-state index contributed by atoms with van der Waals surface area (Å²) in [4.78, 5) is 10.8. The smallest absolute Gasteiger partial charge is 0.402 e. The van der Waals surface area contributed by atoms with Crippen molar-refractivity contribution in [1.29, 1.82) is 0 Å². The molecule has 0 aromatic carbocycles. The van der Waals surface area contributed by atoms with Gasteiger partial charge in [0.05, 0.1) is 0 Å². The van der Waals surface area contributed by atoms with Crippen molar-refractivity contribution in [1.82, 2.24) is 0 Å². The summed E-state index contributed by atoms with van der Waals surface area (Å²) in [6, 6.07) is 3.22. The average molecular weight is 277 g/mol. The van der Waals surface area contributed by atoms with Crippen LogP contribution in [-0.2, 0) is 0 Å². The molecule has 110 valence electrons. The first-order valence-electron chi connectivity index (χ1n) is 7.58. The first kappa shape index (κ1) is 14.8. The highest BCUT2D eigenvalue weighted by molar-refractivity contribution is 5.83. The highest BCUT2D eigenvalue weighted by Crippen LogP contribution is 2.37. The SMILES string of the molecule is CCCCC1CCC(c2ccc(C(=O)O)[n+]([O-])c2)CC1. The number of nitrogens with zero attached hydrogens (tertiary/aromatic N) is 1. The number of hydrogen-bond acceptors (Lipinski definition) is 2. The predicted molar refractivity (Wildman–Crippen MR) is 76.6 cm³/mol. The summed E-state index contributed by atoms with van der Waals surface area (Å²) < 4.78 is 0.487. The molecular weight excluding hydrogens is 254 g/mol. The Morgan fingerprint density at radius 3 is 2.60 bits per heavy atom. The van der Waals surface area contributed by atoms with Gasteiger partial charge in [0.15, 0.2) is 6.20 Å². The summed E-state index contributed by atoms with van der Waals surface area (Å²) >= 11 is 0. The second kappa shape index (κ2) is 6.73. The molecule has 20 heavy (non-hydrogen) atoms. The first-order chi connectivity index (χ1) is 9.61. The molecule has 4 heteroatoms. The number of pyridine rings is 1. The lowest BCUT2D eigenvalue weighted by atomic mass is 9.77. The van der Waals surface area contributed by atoms with Gasteiger partial charge >= 0.3 is 11.7 Å². The van der Waals surface area contributed by atoms with Gasteiger partial charge in [-0.15, -0.1) is 0 Å². The molecule has 0 radical (unpaired) electrons. The fourth-order valence-electron chi connectivity index (χ4n) is 3.18. The van der Waals surface area contributed by atoms with E-state index in [1.807, 2.05) is 0 Å². The largest absolute Gasteiger partial charge is 0.618 e. The van der Waals surface area contributed by atoms with E-state index in [9.17, 15) is 10.0 Å².